The summed E-state index contributed by atoms with van der Waals surface area (Å²) >= 11 is 0. The summed E-state index contributed by atoms with van der Waals surface area (Å²) < 4.78 is 0. The van der Waals surface area contributed by atoms with Crippen molar-refractivity contribution in [1.82, 2.24) is 0 Å². The van der Waals surface area contributed by atoms with Crippen LogP contribution < -0.4 is 0 Å². The molecule has 98 valence electrons. The summed E-state index contributed by atoms with van der Waals surface area (Å²) in [6.07, 6.45) is 0. The molecule has 0 saturated carbocycles. The molecule has 2 heteroatoms. The molecule has 0 atom stereocenters. The first-order chi connectivity index (χ1) is 8.88. The average molecular weight is 254 g/mol. The van der Waals surface area contributed by atoms with E-state index in [2.05, 4.69) is 32.0 Å². The van der Waals surface area contributed by atoms with Crippen LogP contribution in [0.15, 0.2) is 30.3 Å². The predicted octanol–water partition coefficient (Wildman–Crippen LogP) is 4.29. The fourth-order valence-corrected chi connectivity index (χ4v) is 2.52. The van der Waals surface area contributed by atoms with Crippen molar-refractivity contribution in [2.75, 3.05) is 0 Å². The topological polar surface area (TPSA) is 37.3 Å². The molecule has 2 nitrogen and oxygen atoms in total. The Morgan fingerprint density at radius 1 is 0.842 bits per heavy atom. The van der Waals surface area contributed by atoms with Crippen molar-refractivity contribution in [2.45, 2.75) is 27.7 Å². The maximum Gasteiger partial charge on any atom is 0.335 e. The smallest absolute Gasteiger partial charge is 0.335 e. The highest BCUT2D eigenvalue weighted by Crippen LogP contribution is 2.28. The van der Waals surface area contributed by atoms with E-state index in [0.29, 0.717) is 5.56 Å². The molecule has 0 aromatic heterocycles. The fraction of sp³-hybridized carbons (Fsp3) is 0.235. The zero-order valence-corrected chi connectivity index (χ0v) is 11.7. The molecule has 0 aliphatic rings. The highest BCUT2D eigenvalue weighted by Gasteiger charge is 2.12. The Hall–Kier alpha value is -2.09. The largest absolute Gasteiger partial charge is 0.478 e. The summed E-state index contributed by atoms with van der Waals surface area (Å²) in [5, 5.41) is 9.24. The van der Waals surface area contributed by atoms with Crippen molar-refractivity contribution in [3.63, 3.8) is 0 Å². The first kappa shape index (κ1) is 13.3. The van der Waals surface area contributed by atoms with Crippen molar-refractivity contribution in [3.8, 4) is 11.1 Å². The van der Waals surface area contributed by atoms with Gasteiger partial charge in [-0.2, -0.15) is 0 Å². The molecule has 0 aliphatic heterocycles. The molecule has 0 amide bonds. The highest BCUT2D eigenvalue weighted by molar-refractivity contribution is 5.91. The van der Waals surface area contributed by atoms with Gasteiger partial charge in [-0.25, -0.2) is 4.79 Å². The van der Waals surface area contributed by atoms with Gasteiger partial charge in [0, 0.05) is 0 Å². The number of hydrogen-bond donors (Lipinski definition) is 1. The van der Waals surface area contributed by atoms with Crippen LogP contribution in [-0.4, -0.2) is 11.1 Å². The third kappa shape index (κ3) is 2.68. The van der Waals surface area contributed by atoms with E-state index in [1.54, 1.807) is 6.07 Å². The first-order valence-electron chi connectivity index (χ1n) is 6.31. The molecule has 2 aromatic carbocycles. The van der Waals surface area contributed by atoms with Crippen LogP contribution in [0.3, 0.4) is 0 Å². The number of hydrogen-bond acceptors (Lipinski definition) is 1. The fourth-order valence-electron chi connectivity index (χ4n) is 2.52. The lowest BCUT2D eigenvalue weighted by Gasteiger charge is -2.12. The van der Waals surface area contributed by atoms with Gasteiger partial charge in [-0.1, -0.05) is 35.4 Å². The van der Waals surface area contributed by atoms with Crippen LogP contribution in [0.25, 0.3) is 11.1 Å². The Balaban J connectivity index is 2.67. The number of carboxylic acids is 1. The van der Waals surface area contributed by atoms with E-state index in [1.165, 1.54) is 11.1 Å². The van der Waals surface area contributed by atoms with Crippen molar-refractivity contribution < 1.29 is 9.90 Å². The molecule has 2 rings (SSSR count). The summed E-state index contributed by atoms with van der Waals surface area (Å²) in [5.41, 5.74) is 6.73. The number of aryl methyl sites for hydroxylation is 4. The Labute approximate surface area is 113 Å². The Bertz CT molecular complexity index is 634. The van der Waals surface area contributed by atoms with E-state index in [4.69, 9.17) is 0 Å². The Kier molecular flexibility index (Phi) is 3.43. The number of rotatable bonds is 2. The second-order valence-corrected chi connectivity index (χ2v) is 5.16. The third-order valence-corrected chi connectivity index (χ3v) is 3.33. The van der Waals surface area contributed by atoms with Gasteiger partial charge in [-0.15, -0.1) is 0 Å². The van der Waals surface area contributed by atoms with Crippen molar-refractivity contribution in [2.24, 2.45) is 0 Å². The van der Waals surface area contributed by atoms with Crippen molar-refractivity contribution >= 4 is 5.97 Å². The van der Waals surface area contributed by atoms with Gasteiger partial charge in [0.15, 0.2) is 0 Å². The predicted molar refractivity (Wildman–Crippen MR) is 77.8 cm³/mol. The summed E-state index contributed by atoms with van der Waals surface area (Å²) in [4.78, 5) is 11.3. The molecular weight excluding hydrogens is 236 g/mol. The standard InChI is InChI=1S/C17H18O2/c1-10-5-11(2)7-14(6-10)15-9-16(17(18)19)13(4)8-12(15)3/h5-9H,1-4H3,(H,18,19). The summed E-state index contributed by atoms with van der Waals surface area (Å²) in [6.45, 7) is 7.96. The SMILES string of the molecule is Cc1cc(C)cc(-c2cc(C(=O)O)c(C)cc2C)c1. The number of aromatic carboxylic acids is 1. The van der Waals surface area contributed by atoms with Gasteiger partial charge >= 0.3 is 5.97 Å². The van der Waals surface area contributed by atoms with Crippen LogP contribution in [-0.2, 0) is 0 Å². The lowest BCUT2D eigenvalue weighted by atomic mass is 9.93. The maximum atomic E-state index is 11.3. The molecule has 0 fully saturated rings. The van der Waals surface area contributed by atoms with Crippen LogP contribution in [0.5, 0.6) is 0 Å². The number of carboxylic acid groups (broad SMARTS) is 1. The van der Waals surface area contributed by atoms with E-state index in [9.17, 15) is 9.90 Å². The molecule has 0 heterocycles. The molecule has 0 bridgehead atoms. The zero-order chi connectivity index (χ0) is 14.2. The van der Waals surface area contributed by atoms with Gasteiger partial charge in [0.05, 0.1) is 5.56 Å². The van der Waals surface area contributed by atoms with Gasteiger partial charge in [-0.05, 0) is 56.0 Å². The molecule has 0 spiro atoms. The minimum absolute atomic E-state index is 0.375. The second kappa shape index (κ2) is 4.88. The van der Waals surface area contributed by atoms with Crippen LogP contribution in [0.1, 0.15) is 32.6 Å². The van der Waals surface area contributed by atoms with E-state index < -0.39 is 5.97 Å². The molecular formula is C17H18O2. The summed E-state index contributed by atoms with van der Waals surface area (Å²) in [6, 6.07) is 10.0. The minimum Gasteiger partial charge on any atom is -0.478 e. The highest BCUT2D eigenvalue weighted by atomic mass is 16.4. The van der Waals surface area contributed by atoms with E-state index >= 15 is 0 Å². The van der Waals surface area contributed by atoms with Crippen molar-refractivity contribution in [3.05, 3.63) is 58.1 Å². The third-order valence-electron chi connectivity index (χ3n) is 3.33. The summed E-state index contributed by atoms with van der Waals surface area (Å²) in [5.74, 6) is -0.872. The molecule has 0 aliphatic carbocycles. The molecule has 1 N–H and O–H groups in total. The van der Waals surface area contributed by atoms with E-state index in [1.807, 2.05) is 19.9 Å². The second-order valence-electron chi connectivity index (χ2n) is 5.16. The maximum absolute atomic E-state index is 11.3. The molecule has 0 saturated heterocycles. The minimum atomic E-state index is -0.872. The zero-order valence-electron chi connectivity index (χ0n) is 11.7. The molecule has 2 aromatic rings. The molecule has 0 radical (unpaired) electrons. The Morgan fingerprint density at radius 3 is 1.95 bits per heavy atom. The van der Waals surface area contributed by atoms with Gasteiger partial charge < -0.3 is 5.11 Å². The van der Waals surface area contributed by atoms with Gasteiger partial charge in [-0.3, -0.25) is 0 Å². The van der Waals surface area contributed by atoms with Gasteiger partial charge in [0.25, 0.3) is 0 Å². The lowest BCUT2D eigenvalue weighted by molar-refractivity contribution is 0.0696. The van der Waals surface area contributed by atoms with E-state index in [0.717, 1.165) is 22.3 Å². The average Bonchev–Trinajstić information content (AvgIpc) is 2.26. The number of carbonyl (C=O) groups is 1. The van der Waals surface area contributed by atoms with Crippen LogP contribution in [0.4, 0.5) is 0 Å². The monoisotopic (exact) mass is 254 g/mol. The molecule has 19 heavy (non-hydrogen) atoms. The Morgan fingerprint density at radius 2 is 1.42 bits per heavy atom. The van der Waals surface area contributed by atoms with Gasteiger partial charge in [0.2, 0.25) is 0 Å². The quantitative estimate of drug-likeness (QED) is 0.868. The van der Waals surface area contributed by atoms with Crippen LogP contribution in [0.2, 0.25) is 0 Å². The van der Waals surface area contributed by atoms with Crippen molar-refractivity contribution in [1.29, 1.82) is 0 Å². The summed E-state index contributed by atoms with van der Waals surface area (Å²) in [7, 11) is 0. The normalized spacial score (nSPS) is 10.5. The first-order valence-corrected chi connectivity index (χ1v) is 6.31. The van der Waals surface area contributed by atoms with Crippen LogP contribution in [0, 0.1) is 27.7 Å². The van der Waals surface area contributed by atoms with E-state index in [-0.39, 0.29) is 0 Å². The van der Waals surface area contributed by atoms with Crippen LogP contribution >= 0.6 is 0 Å². The molecule has 0 unspecified atom stereocenters. The number of benzene rings is 2. The van der Waals surface area contributed by atoms with Gasteiger partial charge in [0.1, 0.15) is 0 Å². The lowest BCUT2D eigenvalue weighted by Crippen LogP contribution is -2.01.